The summed E-state index contributed by atoms with van der Waals surface area (Å²) in [6, 6.07) is 4.08. The predicted octanol–water partition coefficient (Wildman–Crippen LogP) is 0.771. The van der Waals surface area contributed by atoms with Crippen LogP contribution in [0.3, 0.4) is 0 Å². The fraction of sp³-hybridized carbons (Fsp3) is 0.438. The molecule has 0 saturated carbocycles. The molecule has 1 aliphatic rings. The number of halogens is 3. The van der Waals surface area contributed by atoms with E-state index in [1.165, 1.54) is 29.6 Å². The highest BCUT2D eigenvalue weighted by molar-refractivity contribution is 7.99. The number of nitrogens with two attached hydrogens (primary N) is 1. The minimum Gasteiger partial charge on any atom is -0.495 e. The van der Waals surface area contributed by atoms with E-state index in [4.69, 9.17) is 15.3 Å². The lowest BCUT2D eigenvalue weighted by atomic mass is 10.3. The van der Waals surface area contributed by atoms with Crippen LogP contribution in [0.25, 0.3) is 0 Å². The summed E-state index contributed by atoms with van der Waals surface area (Å²) in [6.45, 7) is 0.880. The standard InChI is InChI=1S/C16H19F3N6O5S2/c1-29-11-3-2-10(8-12(11)32(27,28)24-4-6-30-7-5-24)21-13(26)9-31-15-23-22-14(25(15)20)16(17,18)19/h2-3,8H,4-7,9,20H2,1H3,(H,21,26). The molecule has 2 heterocycles. The third-order valence-electron chi connectivity index (χ3n) is 4.29. The van der Waals surface area contributed by atoms with E-state index < -0.39 is 27.9 Å². The van der Waals surface area contributed by atoms with Gasteiger partial charge in [-0.3, -0.25) is 4.79 Å². The monoisotopic (exact) mass is 496 g/mol. The van der Waals surface area contributed by atoms with Gasteiger partial charge in [-0.2, -0.15) is 17.5 Å². The molecule has 3 N–H and O–H groups in total. The van der Waals surface area contributed by atoms with Gasteiger partial charge in [0.2, 0.25) is 21.1 Å². The molecule has 0 radical (unpaired) electrons. The SMILES string of the molecule is COc1ccc(NC(=O)CSc2nnc(C(F)(F)F)n2N)cc1S(=O)(=O)N1CCOCC1. The molecule has 0 unspecified atom stereocenters. The van der Waals surface area contributed by atoms with E-state index in [0.29, 0.717) is 11.8 Å². The van der Waals surface area contributed by atoms with Gasteiger partial charge in [-0.25, -0.2) is 13.1 Å². The molecule has 32 heavy (non-hydrogen) atoms. The summed E-state index contributed by atoms with van der Waals surface area (Å²) >= 11 is 0.639. The van der Waals surface area contributed by atoms with Gasteiger partial charge in [0.25, 0.3) is 5.82 Å². The van der Waals surface area contributed by atoms with E-state index in [-0.39, 0.29) is 58.2 Å². The number of thioether (sulfide) groups is 1. The zero-order chi connectivity index (χ0) is 23.5. The summed E-state index contributed by atoms with van der Waals surface area (Å²) in [5.74, 6) is 3.06. The molecule has 1 amide bonds. The molecule has 176 valence electrons. The van der Waals surface area contributed by atoms with E-state index in [0.717, 1.165) is 0 Å². The molecule has 16 heteroatoms. The number of nitrogens with one attached hydrogen (secondary N) is 1. The van der Waals surface area contributed by atoms with Crippen molar-refractivity contribution in [2.24, 2.45) is 0 Å². The van der Waals surface area contributed by atoms with Crippen LogP contribution in [0.4, 0.5) is 18.9 Å². The van der Waals surface area contributed by atoms with Crippen LogP contribution >= 0.6 is 11.8 Å². The molecular weight excluding hydrogens is 477 g/mol. The second kappa shape index (κ2) is 9.51. The van der Waals surface area contributed by atoms with Crippen LogP contribution in [0.2, 0.25) is 0 Å². The van der Waals surface area contributed by atoms with E-state index in [1.54, 1.807) is 0 Å². The van der Waals surface area contributed by atoms with Gasteiger partial charge in [0.1, 0.15) is 10.6 Å². The highest BCUT2D eigenvalue weighted by atomic mass is 32.2. The maximum absolute atomic E-state index is 13.0. The number of morpholine rings is 1. The van der Waals surface area contributed by atoms with Crippen LogP contribution in [-0.4, -0.2) is 72.7 Å². The maximum Gasteiger partial charge on any atom is 0.453 e. The summed E-state index contributed by atoms with van der Waals surface area (Å²) in [4.78, 5) is 12.1. The average molecular weight is 496 g/mol. The summed E-state index contributed by atoms with van der Waals surface area (Å²) in [6.07, 6.45) is -4.78. The van der Waals surface area contributed by atoms with Gasteiger partial charge in [-0.1, -0.05) is 11.8 Å². The first-order valence-corrected chi connectivity index (χ1v) is 11.4. The van der Waals surface area contributed by atoms with Crippen molar-refractivity contribution in [3.8, 4) is 5.75 Å². The first-order chi connectivity index (χ1) is 15.0. The predicted molar refractivity (Wildman–Crippen MR) is 107 cm³/mol. The second-order valence-electron chi connectivity index (χ2n) is 6.39. The number of amides is 1. The number of ether oxygens (including phenoxy) is 2. The van der Waals surface area contributed by atoms with Crippen molar-refractivity contribution in [1.82, 2.24) is 19.2 Å². The number of anilines is 1. The largest absolute Gasteiger partial charge is 0.495 e. The lowest BCUT2D eigenvalue weighted by Crippen LogP contribution is -2.40. The van der Waals surface area contributed by atoms with Crippen LogP contribution in [0.1, 0.15) is 5.82 Å². The Morgan fingerprint density at radius 2 is 2.00 bits per heavy atom. The van der Waals surface area contributed by atoms with Gasteiger partial charge in [0.05, 0.1) is 26.1 Å². The Morgan fingerprint density at radius 1 is 1.31 bits per heavy atom. The number of hydrogen-bond acceptors (Lipinski definition) is 9. The third kappa shape index (κ3) is 5.25. The number of carbonyl (C=O) groups is 1. The summed E-state index contributed by atoms with van der Waals surface area (Å²) in [5, 5.41) is 8.47. The van der Waals surface area contributed by atoms with E-state index in [1.807, 2.05) is 0 Å². The van der Waals surface area contributed by atoms with Crippen molar-refractivity contribution >= 4 is 33.4 Å². The summed E-state index contributed by atoms with van der Waals surface area (Å²) in [7, 11) is -2.59. The Balaban J connectivity index is 1.72. The van der Waals surface area contributed by atoms with Gasteiger partial charge in [0.15, 0.2) is 0 Å². The first-order valence-electron chi connectivity index (χ1n) is 9.00. The van der Waals surface area contributed by atoms with E-state index in [9.17, 15) is 26.4 Å². The number of sulfonamides is 1. The lowest BCUT2D eigenvalue weighted by Gasteiger charge is -2.26. The topological polar surface area (TPSA) is 142 Å². The Morgan fingerprint density at radius 3 is 2.59 bits per heavy atom. The van der Waals surface area contributed by atoms with Crippen LogP contribution < -0.4 is 15.9 Å². The number of hydrogen-bond donors (Lipinski definition) is 2. The zero-order valence-electron chi connectivity index (χ0n) is 16.6. The molecule has 1 fully saturated rings. The summed E-state index contributed by atoms with van der Waals surface area (Å²) < 4.78 is 76.0. The van der Waals surface area contributed by atoms with Gasteiger partial charge < -0.3 is 20.6 Å². The number of alkyl halides is 3. The van der Waals surface area contributed by atoms with Gasteiger partial charge in [0, 0.05) is 18.8 Å². The molecule has 0 aliphatic carbocycles. The molecule has 1 aromatic carbocycles. The zero-order valence-corrected chi connectivity index (χ0v) is 18.3. The minimum absolute atomic E-state index is 0.0970. The molecular formula is C16H19F3N6O5S2. The smallest absolute Gasteiger partial charge is 0.453 e. The summed E-state index contributed by atoms with van der Waals surface area (Å²) in [5.41, 5.74) is 0.161. The van der Waals surface area contributed by atoms with Crippen LogP contribution in [0, 0.1) is 0 Å². The number of nitrogens with zero attached hydrogens (tertiary/aromatic N) is 4. The molecule has 2 aromatic rings. The molecule has 1 saturated heterocycles. The van der Waals surface area contributed by atoms with Crippen molar-refractivity contribution in [2.45, 2.75) is 16.2 Å². The number of rotatable bonds is 7. The molecule has 0 atom stereocenters. The highest BCUT2D eigenvalue weighted by Crippen LogP contribution is 2.31. The van der Waals surface area contributed by atoms with Crippen molar-refractivity contribution in [3.63, 3.8) is 0 Å². The molecule has 1 aliphatic heterocycles. The molecule has 0 spiro atoms. The Hall–Kier alpha value is -2.56. The Bertz CT molecular complexity index is 1090. The van der Waals surface area contributed by atoms with Crippen LogP contribution in [0.5, 0.6) is 5.75 Å². The van der Waals surface area contributed by atoms with Crippen molar-refractivity contribution < 1.29 is 35.9 Å². The van der Waals surface area contributed by atoms with Gasteiger partial charge in [-0.05, 0) is 18.2 Å². The minimum atomic E-state index is -4.78. The number of aromatic nitrogens is 3. The van der Waals surface area contributed by atoms with Crippen molar-refractivity contribution in [3.05, 3.63) is 24.0 Å². The fourth-order valence-electron chi connectivity index (χ4n) is 2.78. The van der Waals surface area contributed by atoms with E-state index in [2.05, 4.69) is 15.5 Å². The van der Waals surface area contributed by atoms with Crippen molar-refractivity contribution in [1.29, 1.82) is 0 Å². The Labute approximate surface area is 185 Å². The van der Waals surface area contributed by atoms with Crippen LogP contribution in [-0.2, 0) is 25.7 Å². The number of benzene rings is 1. The maximum atomic E-state index is 13.0. The molecule has 3 rings (SSSR count). The molecule has 1 aromatic heterocycles. The lowest BCUT2D eigenvalue weighted by molar-refractivity contribution is -0.146. The Kier molecular flexibility index (Phi) is 7.16. The molecule has 0 bridgehead atoms. The second-order valence-corrected chi connectivity index (χ2v) is 9.24. The quantitative estimate of drug-likeness (QED) is 0.420. The first kappa shape index (κ1) is 24.1. The highest BCUT2D eigenvalue weighted by Gasteiger charge is 2.38. The van der Waals surface area contributed by atoms with Gasteiger partial charge in [-0.15, -0.1) is 10.2 Å². The van der Waals surface area contributed by atoms with Gasteiger partial charge >= 0.3 is 6.18 Å². The third-order valence-corrected chi connectivity index (χ3v) is 7.15. The fourth-order valence-corrected chi connectivity index (χ4v) is 5.02. The average Bonchev–Trinajstić information content (AvgIpc) is 3.13. The number of methoxy groups -OCH3 is 1. The number of carbonyl (C=O) groups excluding carboxylic acids is 1. The van der Waals surface area contributed by atoms with Crippen molar-refractivity contribution in [2.75, 3.05) is 50.3 Å². The van der Waals surface area contributed by atoms with Crippen LogP contribution in [0.15, 0.2) is 28.3 Å². The van der Waals surface area contributed by atoms with E-state index >= 15 is 0 Å². The number of nitrogen functional groups attached to an aromatic ring is 1. The molecule has 11 nitrogen and oxygen atoms in total. The normalized spacial score (nSPS) is 15.5.